The molecule has 3 aromatic rings. The molecule has 7 nitrogen and oxygen atoms in total. The number of amides is 2. The van der Waals surface area contributed by atoms with Gasteiger partial charge in [-0.2, -0.15) is 5.26 Å². The first kappa shape index (κ1) is 29.5. The number of benzene rings is 3. The molecule has 4 aliphatic carbocycles. The minimum atomic E-state index is -0.502. The van der Waals surface area contributed by atoms with Gasteiger partial charge in [0.15, 0.2) is 18.1 Å². The van der Waals surface area contributed by atoms with Crippen molar-refractivity contribution in [1.29, 1.82) is 5.26 Å². The molecular formula is C37H39N3O4. The minimum Gasteiger partial charge on any atom is -0.493 e. The van der Waals surface area contributed by atoms with E-state index in [1.54, 1.807) is 24.3 Å². The van der Waals surface area contributed by atoms with Gasteiger partial charge in [0.05, 0.1) is 7.11 Å². The van der Waals surface area contributed by atoms with Crippen LogP contribution in [0.15, 0.2) is 66.2 Å². The van der Waals surface area contributed by atoms with Crippen LogP contribution in [0.2, 0.25) is 0 Å². The molecule has 0 aromatic heterocycles. The number of hydrogen-bond acceptors (Lipinski definition) is 5. The van der Waals surface area contributed by atoms with Crippen LogP contribution >= 0.6 is 0 Å². The van der Waals surface area contributed by atoms with E-state index < -0.39 is 5.91 Å². The van der Waals surface area contributed by atoms with Gasteiger partial charge in [0.25, 0.3) is 11.8 Å². The summed E-state index contributed by atoms with van der Waals surface area (Å²) < 4.78 is 11.3. The number of nitrogens with zero attached hydrogens (tertiary/aromatic N) is 1. The first-order valence-corrected chi connectivity index (χ1v) is 15.5. The summed E-state index contributed by atoms with van der Waals surface area (Å²) in [6.45, 7) is 3.77. The Morgan fingerprint density at radius 1 is 0.864 bits per heavy atom. The molecule has 0 spiro atoms. The monoisotopic (exact) mass is 589 g/mol. The SMILES string of the molecule is COc1cc(/C=C(/C#N)C(=O)Nc2ccc(C)c(C)c2)ccc1OCC(=O)Nc1ccc(C23CC4CC(CC(C4)C2)C3)cc1. The van der Waals surface area contributed by atoms with Gasteiger partial charge in [-0.15, -0.1) is 0 Å². The van der Waals surface area contributed by atoms with Crippen LogP contribution < -0.4 is 20.1 Å². The summed E-state index contributed by atoms with van der Waals surface area (Å²) in [6.07, 6.45) is 9.69. The lowest BCUT2D eigenvalue weighted by Crippen LogP contribution is -2.48. The van der Waals surface area contributed by atoms with Crippen molar-refractivity contribution >= 4 is 29.3 Å². The maximum Gasteiger partial charge on any atom is 0.266 e. The van der Waals surface area contributed by atoms with Crippen molar-refractivity contribution in [1.82, 2.24) is 0 Å². The number of carbonyl (C=O) groups excluding carboxylic acids is 2. The Bertz CT molecular complexity index is 1610. The number of anilines is 2. The van der Waals surface area contributed by atoms with E-state index in [2.05, 4.69) is 22.8 Å². The molecule has 4 bridgehead atoms. The van der Waals surface area contributed by atoms with Crippen LogP contribution in [-0.2, 0) is 15.0 Å². The number of rotatable bonds is 9. The first-order valence-electron chi connectivity index (χ1n) is 15.5. The molecule has 0 heterocycles. The maximum atomic E-state index is 12.8. The van der Waals surface area contributed by atoms with Crippen LogP contribution in [0, 0.1) is 42.9 Å². The standard InChI is InChI=1S/C37H39N3O4/c1-23-4-8-32(12-24(23)2)40-36(42)29(21-38)16-25-5-11-33(34(17-25)43-3)44-22-35(41)39-31-9-6-30(7-10-31)37-18-26-13-27(19-37)15-28(14-26)20-37/h4-12,16-17,26-28H,13-15,18-20,22H2,1-3H3,(H,39,41)(H,40,42)/b29-16-. The molecule has 0 radical (unpaired) electrons. The van der Waals surface area contributed by atoms with Crippen molar-refractivity contribution < 1.29 is 19.1 Å². The van der Waals surface area contributed by atoms with Crippen LogP contribution in [0.4, 0.5) is 11.4 Å². The molecule has 4 aliphatic rings. The molecule has 0 atom stereocenters. The molecule has 2 N–H and O–H groups in total. The molecular weight excluding hydrogens is 550 g/mol. The third-order valence-corrected chi connectivity index (χ3v) is 9.81. The summed E-state index contributed by atoms with van der Waals surface area (Å²) >= 11 is 0. The van der Waals surface area contributed by atoms with Crippen LogP contribution in [0.3, 0.4) is 0 Å². The molecule has 4 saturated carbocycles. The Balaban J connectivity index is 1.05. The Kier molecular flexibility index (Phi) is 8.18. The van der Waals surface area contributed by atoms with Gasteiger partial charge < -0.3 is 20.1 Å². The zero-order chi connectivity index (χ0) is 30.8. The van der Waals surface area contributed by atoms with Crippen LogP contribution in [-0.4, -0.2) is 25.5 Å². The number of nitriles is 1. The zero-order valence-corrected chi connectivity index (χ0v) is 25.6. The van der Waals surface area contributed by atoms with Gasteiger partial charge in [-0.05, 0) is 140 Å². The van der Waals surface area contributed by atoms with Crippen LogP contribution in [0.25, 0.3) is 6.08 Å². The maximum absolute atomic E-state index is 12.8. The van der Waals surface area contributed by atoms with Crippen molar-refractivity contribution in [3.05, 3.63) is 88.5 Å². The van der Waals surface area contributed by atoms with Gasteiger partial charge in [0.2, 0.25) is 0 Å². The summed E-state index contributed by atoms with van der Waals surface area (Å²) in [5.41, 5.74) is 5.83. The normalized spacial score (nSPS) is 23.5. The molecule has 0 aliphatic heterocycles. The van der Waals surface area contributed by atoms with E-state index in [-0.39, 0.29) is 18.1 Å². The molecule has 44 heavy (non-hydrogen) atoms. The summed E-state index contributed by atoms with van der Waals surface area (Å²) in [4.78, 5) is 25.5. The highest BCUT2D eigenvalue weighted by Gasteiger charge is 2.51. The minimum absolute atomic E-state index is 0.0486. The van der Waals surface area contributed by atoms with Gasteiger partial charge >= 0.3 is 0 Å². The Hall–Kier alpha value is -4.57. The predicted octanol–water partition coefficient (Wildman–Crippen LogP) is 7.34. The van der Waals surface area contributed by atoms with Gasteiger partial charge in [-0.25, -0.2) is 0 Å². The zero-order valence-electron chi connectivity index (χ0n) is 25.6. The van der Waals surface area contributed by atoms with E-state index in [1.807, 2.05) is 44.2 Å². The molecule has 7 rings (SSSR count). The number of ether oxygens (including phenoxy) is 2. The van der Waals surface area contributed by atoms with E-state index in [0.29, 0.717) is 28.2 Å². The molecule has 2 amide bonds. The summed E-state index contributed by atoms with van der Waals surface area (Å²) in [6, 6.07) is 21.0. The van der Waals surface area contributed by atoms with E-state index in [4.69, 9.17) is 9.47 Å². The van der Waals surface area contributed by atoms with Crippen LogP contribution in [0.1, 0.15) is 60.8 Å². The molecule has 4 fully saturated rings. The van der Waals surface area contributed by atoms with E-state index in [1.165, 1.54) is 57.3 Å². The second-order valence-electron chi connectivity index (χ2n) is 12.9. The van der Waals surface area contributed by atoms with Gasteiger partial charge in [-0.1, -0.05) is 24.3 Å². The summed E-state index contributed by atoms with van der Waals surface area (Å²) in [5.74, 6) is 2.67. The third-order valence-electron chi connectivity index (χ3n) is 9.81. The lowest BCUT2D eigenvalue weighted by molar-refractivity contribution is -0.118. The fraction of sp³-hybridized carbons (Fsp3) is 0.378. The quantitative estimate of drug-likeness (QED) is 0.201. The highest BCUT2D eigenvalue weighted by Crippen LogP contribution is 2.60. The second kappa shape index (κ2) is 12.2. The predicted molar refractivity (Wildman–Crippen MR) is 172 cm³/mol. The summed E-state index contributed by atoms with van der Waals surface area (Å²) in [7, 11) is 1.50. The number of methoxy groups -OCH3 is 1. The molecule has 3 aromatic carbocycles. The average molecular weight is 590 g/mol. The fourth-order valence-electron chi connectivity index (χ4n) is 7.94. The van der Waals surface area contributed by atoms with Gasteiger partial charge in [0, 0.05) is 11.4 Å². The van der Waals surface area contributed by atoms with Crippen LogP contribution in [0.5, 0.6) is 11.5 Å². The van der Waals surface area contributed by atoms with Gasteiger partial charge in [0.1, 0.15) is 11.6 Å². The largest absolute Gasteiger partial charge is 0.493 e. The highest BCUT2D eigenvalue weighted by atomic mass is 16.5. The van der Waals surface area contributed by atoms with E-state index >= 15 is 0 Å². The number of carbonyl (C=O) groups is 2. The molecule has 7 heteroatoms. The first-order chi connectivity index (χ1) is 21.2. The second-order valence-corrected chi connectivity index (χ2v) is 12.9. The molecule has 0 unspecified atom stereocenters. The van der Waals surface area contributed by atoms with Crippen molar-refractivity contribution in [3.8, 4) is 17.6 Å². The molecule has 0 saturated heterocycles. The lowest BCUT2D eigenvalue weighted by Gasteiger charge is -2.57. The lowest BCUT2D eigenvalue weighted by atomic mass is 9.48. The Morgan fingerprint density at radius 2 is 1.52 bits per heavy atom. The van der Waals surface area contributed by atoms with Crippen molar-refractivity contribution in [2.75, 3.05) is 24.4 Å². The Morgan fingerprint density at radius 3 is 2.14 bits per heavy atom. The fourth-order valence-corrected chi connectivity index (χ4v) is 7.94. The van der Waals surface area contributed by atoms with Crippen molar-refractivity contribution in [2.45, 2.75) is 57.8 Å². The van der Waals surface area contributed by atoms with Crippen molar-refractivity contribution in [2.24, 2.45) is 17.8 Å². The summed E-state index contributed by atoms with van der Waals surface area (Å²) in [5, 5.41) is 15.4. The average Bonchev–Trinajstić information content (AvgIpc) is 3.00. The molecule has 226 valence electrons. The third kappa shape index (κ3) is 6.21. The Labute approximate surface area is 259 Å². The topological polar surface area (TPSA) is 100 Å². The van der Waals surface area contributed by atoms with E-state index in [0.717, 1.165) is 34.6 Å². The number of hydrogen-bond donors (Lipinski definition) is 2. The van der Waals surface area contributed by atoms with Crippen molar-refractivity contribution in [3.63, 3.8) is 0 Å². The number of nitrogens with one attached hydrogen (secondary N) is 2. The smallest absolute Gasteiger partial charge is 0.266 e. The van der Waals surface area contributed by atoms with Gasteiger partial charge in [-0.3, -0.25) is 9.59 Å². The highest BCUT2D eigenvalue weighted by molar-refractivity contribution is 6.09. The van der Waals surface area contributed by atoms with E-state index in [9.17, 15) is 14.9 Å². The number of aryl methyl sites for hydroxylation is 2.